The Hall–Kier alpha value is -0.480. The van der Waals surface area contributed by atoms with E-state index in [2.05, 4.69) is 0 Å². The van der Waals surface area contributed by atoms with Crippen LogP contribution in [-0.2, 0) is 19.1 Å². The highest BCUT2D eigenvalue weighted by Crippen LogP contribution is 2.04. The van der Waals surface area contributed by atoms with Crippen molar-refractivity contribution in [3.05, 3.63) is 0 Å². The predicted octanol–water partition coefficient (Wildman–Crippen LogP) is 1.33. The van der Waals surface area contributed by atoms with Gasteiger partial charge < -0.3 is 9.47 Å². The highest BCUT2D eigenvalue weighted by atomic mass is 35.5. The smallest absolute Gasteiger partial charge is 0.321 e. The molecule has 0 amide bonds. The monoisotopic (exact) mass is 242 g/mol. The van der Waals surface area contributed by atoms with Gasteiger partial charge in [-0.05, 0) is 13.8 Å². The minimum absolute atomic E-state index is 0.222. The zero-order valence-electron chi connectivity index (χ0n) is 7.96. The number of hydrogen-bond acceptors (Lipinski definition) is 4. The van der Waals surface area contributed by atoms with Crippen LogP contribution < -0.4 is 0 Å². The van der Waals surface area contributed by atoms with Crippen LogP contribution in [0.5, 0.6) is 0 Å². The summed E-state index contributed by atoms with van der Waals surface area (Å²) in [5.41, 5.74) is 0. The zero-order valence-corrected chi connectivity index (χ0v) is 9.47. The first-order chi connectivity index (χ1) is 6.51. The van der Waals surface area contributed by atoms with Gasteiger partial charge >= 0.3 is 11.9 Å². The van der Waals surface area contributed by atoms with Crippen LogP contribution in [0, 0.1) is 0 Å². The summed E-state index contributed by atoms with van der Waals surface area (Å²) in [6.45, 7) is 3.22. The van der Waals surface area contributed by atoms with Crippen LogP contribution in [0.15, 0.2) is 0 Å². The molecule has 0 aliphatic rings. The zero-order chi connectivity index (χ0) is 11.1. The average Bonchev–Trinajstić information content (AvgIpc) is 2.17. The largest absolute Gasteiger partial charge is 0.458 e. The Balaban J connectivity index is 3.92. The van der Waals surface area contributed by atoms with Gasteiger partial charge in [-0.25, -0.2) is 0 Å². The highest BCUT2D eigenvalue weighted by Gasteiger charge is 2.19. The number of hydrogen-bond donors (Lipinski definition) is 0. The Labute approximate surface area is 92.5 Å². The molecule has 0 saturated heterocycles. The molecule has 0 spiro atoms. The maximum absolute atomic E-state index is 10.8. The fourth-order valence-corrected chi connectivity index (χ4v) is 0.795. The molecule has 0 fully saturated rings. The molecule has 0 bridgehead atoms. The van der Waals surface area contributed by atoms with Gasteiger partial charge in [-0.1, -0.05) is 0 Å². The quantitative estimate of drug-likeness (QED) is 0.540. The third kappa shape index (κ3) is 5.29. The lowest BCUT2D eigenvalue weighted by molar-refractivity contribution is -0.161. The second kappa shape index (κ2) is 6.90. The molecule has 14 heavy (non-hydrogen) atoms. The lowest BCUT2D eigenvalue weighted by Crippen LogP contribution is -2.31. The lowest BCUT2D eigenvalue weighted by atomic mass is 10.2. The van der Waals surface area contributed by atoms with Crippen molar-refractivity contribution in [2.75, 3.05) is 11.8 Å². The van der Waals surface area contributed by atoms with Crippen LogP contribution in [0.1, 0.15) is 13.8 Å². The van der Waals surface area contributed by atoms with Crippen molar-refractivity contribution in [3.63, 3.8) is 0 Å². The molecule has 0 rings (SSSR count). The van der Waals surface area contributed by atoms with E-state index in [4.69, 9.17) is 32.7 Å². The number of esters is 2. The van der Waals surface area contributed by atoms with Crippen molar-refractivity contribution in [1.29, 1.82) is 0 Å². The summed E-state index contributed by atoms with van der Waals surface area (Å²) in [6.07, 6.45) is -1.07. The Morgan fingerprint density at radius 2 is 1.29 bits per heavy atom. The first kappa shape index (κ1) is 13.5. The van der Waals surface area contributed by atoms with Crippen molar-refractivity contribution in [3.8, 4) is 0 Å². The summed E-state index contributed by atoms with van der Waals surface area (Å²) in [5.74, 6) is -1.54. The second-order valence-electron chi connectivity index (χ2n) is 2.66. The molecule has 2 unspecified atom stereocenters. The number of carbonyl (C=O) groups excluding carboxylic acids is 2. The number of rotatable bonds is 5. The molecule has 0 aromatic carbocycles. The summed E-state index contributed by atoms with van der Waals surface area (Å²) < 4.78 is 9.63. The summed E-state index contributed by atoms with van der Waals surface area (Å²) in [5, 5.41) is 0. The van der Waals surface area contributed by atoms with Crippen LogP contribution >= 0.6 is 23.2 Å². The fraction of sp³-hybridized carbons (Fsp3) is 0.750. The fourth-order valence-electron chi connectivity index (χ4n) is 0.669. The van der Waals surface area contributed by atoms with Gasteiger partial charge in [-0.3, -0.25) is 9.59 Å². The molecule has 0 saturated carbocycles. The maximum Gasteiger partial charge on any atom is 0.321 e. The van der Waals surface area contributed by atoms with Crippen molar-refractivity contribution in [1.82, 2.24) is 0 Å². The van der Waals surface area contributed by atoms with Gasteiger partial charge in [0.25, 0.3) is 0 Å². The molecule has 6 heteroatoms. The number of ether oxygens (including phenoxy) is 2. The van der Waals surface area contributed by atoms with E-state index in [0.29, 0.717) is 0 Å². The average molecular weight is 243 g/mol. The molecule has 0 aromatic heterocycles. The number of alkyl halides is 2. The standard InChI is InChI=1S/C8H12Cl2O4/c1-5(13-7(11)3-9)6(2)14-8(12)4-10/h5-6H,3-4H2,1-2H3. The Morgan fingerprint density at radius 3 is 1.50 bits per heavy atom. The number of carbonyl (C=O) groups is 2. The number of halogens is 2. The summed E-state index contributed by atoms with van der Waals surface area (Å²) >= 11 is 10.5. The first-order valence-electron chi connectivity index (χ1n) is 4.02. The first-order valence-corrected chi connectivity index (χ1v) is 5.09. The molecular formula is C8H12Cl2O4. The van der Waals surface area contributed by atoms with Gasteiger partial charge in [0.15, 0.2) is 0 Å². The third-order valence-electron chi connectivity index (χ3n) is 1.51. The minimum atomic E-state index is -0.548. The molecule has 0 aliphatic carbocycles. The minimum Gasteiger partial charge on any atom is -0.458 e. The third-order valence-corrected chi connectivity index (χ3v) is 1.95. The van der Waals surface area contributed by atoms with Crippen LogP contribution in [0.3, 0.4) is 0 Å². The van der Waals surface area contributed by atoms with E-state index in [-0.39, 0.29) is 11.8 Å². The Morgan fingerprint density at radius 1 is 1.00 bits per heavy atom. The van der Waals surface area contributed by atoms with E-state index >= 15 is 0 Å². The highest BCUT2D eigenvalue weighted by molar-refractivity contribution is 6.26. The normalized spacial score (nSPS) is 14.3. The van der Waals surface area contributed by atoms with Crippen LogP contribution in [0.4, 0.5) is 0 Å². The molecular weight excluding hydrogens is 231 g/mol. The van der Waals surface area contributed by atoms with Crippen LogP contribution in [-0.4, -0.2) is 35.9 Å². The van der Waals surface area contributed by atoms with E-state index in [0.717, 1.165) is 0 Å². The summed E-state index contributed by atoms with van der Waals surface area (Å²) in [4.78, 5) is 21.5. The molecule has 0 aliphatic heterocycles. The topological polar surface area (TPSA) is 52.6 Å². The van der Waals surface area contributed by atoms with Gasteiger partial charge in [0.1, 0.15) is 24.0 Å². The molecule has 0 heterocycles. The van der Waals surface area contributed by atoms with Gasteiger partial charge in [0.05, 0.1) is 0 Å². The molecule has 0 aromatic rings. The summed E-state index contributed by atoms with van der Waals surface area (Å²) in [6, 6.07) is 0. The molecule has 4 nitrogen and oxygen atoms in total. The molecule has 82 valence electrons. The van der Waals surface area contributed by atoms with E-state index in [1.807, 2.05) is 0 Å². The van der Waals surface area contributed by atoms with E-state index in [1.165, 1.54) is 0 Å². The maximum atomic E-state index is 10.8. The van der Waals surface area contributed by atoms with Crippen LogP contribution in [0.25, 0.3) is 0 Å². The van der Waals surface area contributed by atoms with Gasteiger partial charge in [0.2, 0.25) is 0 Å². The predicted molar refractivity (Wildman–Crippen MR) is 52.5 cm³/mol. The Bertz CT molecular complexity index is 186. The lowest BCUT2D eigenvalue weighted by Gasteiger charge is -2.19. The van der Waals surface area contributed by atoms with E-state index < -0.39 is 24.1 Å². The van der Waals surface area contributed by atoms with Crippen molar-refractivity contribution < 1.29 is 19.1 Å². The summed E-state index contributed by atoms with van der Waals surface area (Å²) in [7, 11) is 0. The van der Waals surface area contributed by atoms with E-state index in [1.54, 1.807) is 13.8 Å². The van der Waals surface area contributed by atoms with Crippen molar-refractivity contribution in [2.24, 2.45) is 0 Å². The molecule has 0 radical (unpaired) electrons. The van der Waals surface area contributed by atoms with Gasteiger partial charge in [-0.2, -0.15) is 0 Å². The second-order valence-corrected chi connectivity index (χ2v) is 3.19. The van der Waals surface area contributed by atoms with Gasteiger partial charge in [-0.15, -0.1) is 23.2 Å². The van der Waals surface area contributed by atoms with Gasteiger partial charge in [0, 0.05) is 0 Å². The molecule has 2 atom stereocenters. The van der Waals surface area contributed by atoms with Crippen molar-refractivity contribution in [2.45, 2.75) is 26.1 Å². The van der Waals surface area contributed by atoms with Crippen LogP contribution in [0.2, 0.25) is 0 Å². The molecule has 0 N–H and O–H groups in total. The Kier molecular flexibility index (Phi) is 6.66. The SMILES string of the molecule is CC(OC(=O)CCl)C(C)OC(=O)CCl. The van der Waals surface area contributed by atoms with Crippen molar-refractivity contribution >= 4 is 35.1 Å². The van der Waals surface area contributed by atoms with E-state index in [9.17, 15) is 9.59 Å².